The summed E-state index contributed by atoms with van der Waals surface area (Å²) in [6.45, 7) is 5.07. The lowest BCUT2D eigenvalue weighted by molar-refractivity contribution is -0.161. The smallest absolute Gasteiger partial charge is 0.462 e. The van der Waals surface area contributed by atoms with Crippen LogP contribution in [0.3, 0.4) is 0 Å². The maximum Gasteiger partial charge on any atom is 0.472 e. The van der Waals surface area contributed by atoms with Gasteiger partial charge in [0.2, 0.25) is 0 Å². The molecule has 0 saturated heterocycles. The first kappa shape index (κ1) is 105. The number of esters is 4. The zero-order valence-corrected chi connectivity index (χ0v) is 71.9. The van der Waals surface area contributed by atoms with Crippen molar-refractivity contribution in [3.05, 3.63) is 0 Å². The van der Waals surface area contributed by atoms with Gasteiger partial charge in [-0.3, -0.25) is 37.3 Å². The molecule has 0 spiro atoms. The van der Waals surface area contributed by atoms with Crippen molar-refractivity contribution in [2.45, 2.75) is 502 Å². The van der Waals surface area contributed by atoms with E-state index >= 15 is 0 Å². The molecule has 19 heteroatoms. The molecule has 0 rings (SSSR count). The quantitative estimate of drug-likeness (QED) is 0.0222. The van der Waals surface area contributed by atoms with Crippen LogP contribution in [0.2, 0.25) is 0 Å². The largest absolute Gasteiger partial charge is 0.472 e. The normalized spacial score (nSPS) is 13.7. The van der Waals surface area contributed by atoms with Gasteiger partial charge >= 0.3 is 39.5 Å². The number of phosphoric acid groups is 2. The van der Waals surface area contributed by atoms with E-state index in [9.17, 15) is 43.2 Å². The second-order valence-corrected chi connectivity index (χ2v) is 34.5. The van der Waals surface area contributed by atoms with Crippen molar-refractivity contribution < 1.29 is 80.2 Å². The number of unbranched alkanes of at least 4 members (excludes halogenated alkanes) is 63. The van der Waals surface area contributed by atoms with E-state index < -0.39 is 97.5 Å². The molecule has 0 fully saturated rings. The SMILES string of the molecule is CCCCCCCCCCCCCCCCCCCCCCC(=O)OC[C@H](COP(=O)(O)OC[C@@H](O)COP(=O)(O)OC[C@@H](COC(=O)CCCCCCCCCCCCCC)OC(=O)CCCCCCCCCCCCCCCCC)OC(=O)CCCCCCCCCCCCCCCCCCCCCC. The zero-order chi connectivity index (χ0) is 78.1. The van der Waals surface area contributed by atoms with Gasteiger partial charge in [-0.15, -0.1) is 0 Å². The van der Waals surface area contributed by atoms with Gasteiger partial charge in [-0.25, -0.2) is 9.13 Å². The summed E-state index contributed by atoms with van der Waals surface area (Å²) in [5.41, 5.74) is 0. The topological polar surface area (TPSA) is 237 Å². The van der Waals surface area contributed by atoms with E-state index in [1.165, 1.54) is 315 Å². The second kappa shape index (κ2) is 82.1. The van der Waals surface area contributed by atoms with Crippen molar-refractivity contribution in [3.8, 4) is 0 Å². The van der Waals surface area contributed by atoms with E-state index in [1.807, 2.05) is 0 Å². The maximum absolute atomic E-state index is 13.2. The van der Waals surface area contributed by atoms with Crippen molar-refractivity contribution in [1.29, 1.82) is 0 Å². The summed E-state index contributed by atoms with van der Waals surface area (Å²) in [5.74, 6) is -2.09. The molecule has 636 valence electrons. The molecule has 0 radical (unpaired) electrons. The number of hydrogen-bond donors (Lipinski definition) is 3. The molecular weight excluding hydrogens is 1390 g/mol. The van der Waals surface area contributed by atoms with E-state index in [0.717, 1.165) is 89.9 Å². The molecule has 0 saturated carbocycles. The van der Waals surface area contributed by atoms with Gasteiger partial charge in [0.1, 0.15) is 19.3 Å². The Balaban J connectivity index is 5.24. The van der Waals surface area contributed by atoms with Crippen LogP contribution >= 0.6 is 15.6 Å². The predicted octanol–water partition coefficient (Wildman–Crippen LogP) is 27.3. The molecule has 5 atom stereocenters. The summed E-state index contributed by atoms with van der Waals surface area (Å²) >= 11 is 0. The van der Waals surface area contributed by atoms with Gasteiger partial charge in [0.25, 0.3) is 0 Å². The average molecular weight is 1560 g/mol. The van der Waals surface area contributed by atoms with Crippen molar-refractivity contribution in [1.82, 2.24) is 0 Å². The number of aliphatic hydroxyl groups is 1. The Kier molecular flexibility index (Phi) is 80.6. The zero-order valence-electron chi connectivity index (χ0n) is 70.1. The fourth-order valence-corrected chi connectivity index (χ4v) is 15.5. The Morgan fingerprint density at radius 3 is 0.551 bits per heavy atom. The Morgan fingerprint density at radius 1 is 0.224 bits per heavy atom. The third-order valence-corrected chi connectivity index (χ3v) is 22.8. The van der Waals surface area contributed by atoms with Crippen LogP contribution < -0.4 is 0 Å². The third-order valence-electron chi connectivity index (χ3n) is 20.9. The number of ether oxygens (including phenoxy) is 4. The van der Waals surface area contributed by atoms with Crippen molar-refractivity contribution in [3.63, 3.8) is 0 Å². The van der Waals surface area contributed by atoms with Crippen molar-refractivity contribution in [2.75, 3.05) is 39.6 Å². The van der Waals surface area contributed by atoms with Crippen LogP contribution in [0.15, 0.2) is 0 Å². The van der Waals surface area contributed by atoms with Crippen molar-refractivity contribution in [2.24, 2.45) is 0 Å². The molecule has 0 aromatic rings. The summed E-state index contributed by atoms with van der Waals surface area (Å²) < 4.78 is 69.0. The first-order valence-corrected chi connectivity index (χ1v) is 48.8. The van der Waals surface area contributed by atoms with Gasteiger partial charge in [-0.05, 0) is 25.7 Å². The Bertz CT molecular complexity index is 2020. The van der Waals surface area contributed by atoms with E-state index in [4.69, 9.17) is 37.0 Å². The molecular formula is C88H172O17P2. The van der Waals surface area contributed by atoms with Gasteiger partial charge in [0.15, 0.2) is 12.2 Å². The minimum Gasteiger partial charge on any atom is -0.462 e. The summed E-state index contributed by atoms with van der Waals surface area (Å²) in [5, 5.41) is 10.7. The molecule has 0 aliphatic heterocycles. The minimum atomic E-state index is -4.97. The summed E-state index contributed by atoms with van der Waals surface area (Å²) in [6, 6.07) is 0. The van der Waals surface area contributed by atoms with Crippen LogP contribution in [0.4, 0.5) is 0 Å². The number of rotatable bonds is 89. The lowest BCUT2D eigenvalue weighted by Crippen LogP contribution is -2.30. The Hall–Kier alpha value is -1.94. The lowest BCUT2D eigenvalue weighted by Gasteiger charge is -2.21. The van der Waals surface area contributed by atoms with E-state index in [-0.39, 0.29) is 25.7 Å². The number of carbonyl (C=O) groups is 4. The number of hydrogen-bond acceptors (Lipinski definition) is 15. The first-order chi connectivity index (χ1) is 52.2. The molecule has 3 N–H and O–H groups in total. The standard InChI is InChI=1S/C88H172O17P2/c1-5-9-13-17-21-25-29-33-36-38-40-42-44-47-49-53-57-61-65-69-73-86(91)99-79-84(105-88(93)75-71-67-63-59-55-51-48-45-43-41-39-37-34-30-26-22-18-14-10-6-2)81-103-107(96,97)101-77-82(89)76-100-106(94,95)102-80-83(78-98-85(90)72-68-64-60-56-52-32-28-24-20-16-12-8-4)104-87(92)74-70-66-62-58-54-50-46-35-31-27-23-19-15-11-7-3/h82-84,89H,5-81H2,1-4H3,(H,94,95)(H,96,97)/t82-,83+,84+/m0/s1. The fraction of sp³-hybridized carbons (Fsp3) is 0.955. The summed E-state index contributed by atoms with van der Waals surface area (Å²) in [7, 11) is -9.93. The molecule has 17 nitrogen and oxygen atoms in total. The minimum absolute atomic E-state index is 0.109. The highest BCUT2D eigenvalue weighted by Gasteiger charge is 2.30. The fourth-order valence-electron chi connectivity index (χ4n) is 13.9. The second-order valence-electron chi connectivity index (χ2n) is 31.6. The molecule has 0 heterocycles. The number of aliphatic hydroxyl groups excluding tert-OH is 1. The highest BCUT2D eigenvalue weighted by atomic mass is 31.2. The number of phosphoric ester groups is 2. The average Bonchev–Trinajstić information content (AvgIpc) is 0.902. The molecule has 0 bridgehead atoms. The van der Waals surface area contributed by atoms with Gasteiger partial charge in [-0.1, -0.05) is 432 Å². The van der Waals surface area contributed by atoms with Crippen LogP contribution in [-0.4, -0.2) is 96.7 Å². The predicted molar refractivity (Wildman–Crippen MR) is 442 cm³/mol. The van der Waals surface area contributed by atoms with Crippen molar-refractivity contribution >= 4 is 39.5 Å². The molecule has 107 heavy (non-hydrogen) atoms. The molecule has 0 amide bonds. The highest BCUT2D eigenvalue weighted by molar-refractivity contribution is 7.47. The lowest BCUT2D eigenvalue weighted by atomic mass is 10.0. The molecule has 0 aromatic carbocycles. The first-order valence-electron chi connectivity index (χ1n) is 45.8. The molecule has 0 aromatic heterocycles. The maximum atomic E-state index is 13.2. The van der Waals surface area contributed by atoms with Crippen LogP contribution in [0.1, 0.15) is 484 Å². The Morgan fingerprint density at radius 2 is 0.374 bits per heavy atom. The monoisotopic (exact) mass is 1560 g/mol. The van der Waals surface area contributed by atoms with Crippen LogP contribution in [0.25, 0.3) is 0 Å². The van der Waals surface area contributed by atoms with Gasteiger partial charge < -0.3 is 33.8 Å². The van der Waals surface area contributed by atoms with Gasteiger partial charge in [-0.2, -0.15) is 0 Å². The van der Waals surface area contributed by atoms with Crippen LogP contribution in [-0.2, 0) is 65.4 Å². The van der Waals surface area contributed by atoms with Crippen LogP contribution in [0.5, 0.6) is 0 Å². The molecule has 0 aliphatic rings. The third kappa shape index (κ3) is 81.9. The highest BCUT2D eigenvalue weighted by Crippen LogP contribution is 2.45. The number of carbonyl (C=O) groups excluding carboxylic acids is 4. The molecule has 2 unspecified atom stereocenters. The molecule has 0 aliphatic carbocycles. The summed E-state index contributed by atoms with van der Waals surface area (Å²) in [6.07, 6.45) is 77.7. The van der Waals surface area contributed by atoms with E-state index in [1.54, 1.807) is 0 Å². The van der Waals surface area contributed by atoms with E-state index in [2.05, 4.69) is 27.7 Å². The Labute approximate surface area is 658 Å². The van der Waals surface area contributed by atoms with Gasteiger partial charge in [0.05, 0.1) is 26.4 Å². The van der Waals surface area contributed by atoms with Gasteiger partial charge in [0, 0.05) is 25.7 Å². The summed E-state index contributed by atoms with van der Waals surface area (Å²) in [4.78, 5) is 73.3. The van der Waals surface area contributed by atoms with E-state index in [0.29, 0.717) is 25.7 Å². The van der Waals surface area contributed by atoms with Crippen LogP contribution in [0, 0.1) is 0 Å².